The van der Waals surface area contributed by atoms with Crippen molar-refractivity contribution in [3.05, 3.63) is 42.5 Å². The van der Waals surface area contributed by atoms with E-state index in [1.165, 1.54) is 18.4 Å². The van der Waals surface area contributed by atoms with Gasteiger partial charge in [0.05, 0.1) is 0 Å². The molecule has 3 heteroatoms. The third kappa shape index (κ3) is 4.66. The minimum Gasteiger partial charge on any atom is -0.490 e. The fourth-order valence-corrected chi connectivity index (χ4v) is 2.52. The Morgan fingerprint density at radius 2 is 2.05 bits per heavy atom. The van der Waals surface area contributed by atoms with Gasteiger partial charge in [-0.2, -0.15) is 0 Å². The zero-order chi connectivity index (χ0) is 14.2. The van der Waals surface area contributed by atoms with Gasteiger partial charge in [0.1, 0.15) is 12.4 Å². The van der Waals surface area contributed by atoms with Gasteiger partial charge in [0.2, 0.25) is 0 Å². The number of benzene rings is 1. The van der Waals surface area contributed by atoms with Crippen LogP contribution in [0.1, 0.15) is 25.3 Å². The Labute approximate surface area is 122 Å². The number of hydrogen-bond acceptors (Lipinski definition) is 3. The maximum absolute atomic E-state index is 5.48. The van der Waals surface area contributed by atoms with Crippen LogP contribution < -0.4 is 10.1 Å². The quantitative estimate of drug-likeness (QED) is 0.775. The van der Waals surface area contributed by atoms with Crippen molar-refractivity contribution in [2.24, 2.45) is 5.92 Å². The first-order valence-corrected chi connectivity index (χ1v) is 7.43. The van der Waals surface area contributed by atoms with Crippen molar-refractivity contribution in [1.82, 2.24) is 5.32 Å². The monoisotopic (exact) mass is 275 g/mol. The van der Waals surface area contributed by atoms with Gasteiger partial charge in [-0.25, -0.2) is 0 Å². The molecule has 2 rings (SSSR count). The smallest absolute Gasteiger partial charge is 0.119 e. The van der Waals surface area contributed by atoms with Crippen LogP contribution in [0, 0.1) is 5.92 Å². The van der Waals surface area contributed by atoms with Gasteiger partial charge in [-0.05, 0) is 43.4 Å². The van der Waals surface area contributed by atoms with Crippen LogP contribution in [-0.2, 0) is 11.3 Å². The normalized spacial score (nSPS) is 17.6. The Morgan fingerprint density at radius 3 is 2.70 bits per heavy atom. The van der Waals surface area contributed by atoms with Crippen LogP contribution in [0.25, 0.3) is 0 Å². The van der Waals surface area contributed by atoms with Crippen molar-refractivity contribution in [2.45, 2.75) is 32.4 Å². The molecule has 0 aliphatic carbocycles. The predicted octanol–water partition coefficient (Wildman–Crippen LogP) is 3.16. The average Bonchev–Trinajstić information content (AvgIpc) is 2.52. The second-order valence-electron chi connectivity index (χ2n) is 5.36. The highest BCUT2D eigenvalue weighted by molar-refractivity contribution is 5.27. The average molecular weight is 275 g/mol. The standard InChI is InChI=1S/C17H25NO2/c1-3-10-20-17-6-4-15(5-7-17)13-18-14(2)16-8-11-19-12-9-16/h3-7,14,16,18H,1,8-13H2,2H3. The molecule has 1 heterocycles. The van der Waals surface area contributed by atoms with Gasteiger partial charge < -0.3 is 14.8 Å². The van der Waals surface area contributed by atoms with E-state index in [9.17, 15) is 0 Å². The Morgan fingerprint density at radius 1 is 1.35 bits per heavy atom. The van der Waals surface area contributed by atoms with Crippen molar-refractivity contribution in [3.8, 4) is 5.75 Å². The van der Waals surface area contributed by atoms with Crippen LogP contribution >= 0.6 is 0 Å². The van der Waals surface area contributed by atoms with E-state index in [1.807, 2.05) is 12.1 Å². The van der Waals surface area contributed by atoms with Crippen LogP contribution in [0.3, 0.4) is 0 Å². The van der Waals surface area contributed by atoms with E-state index in [4.69, 9.17) is 9.47 Å². The Balaban J connectivity index is 1.76. The Bertz CT molecular complexity index is 396. The van der Waals surface area contributed by atoms with E-state index in [0.717, 1.165) is 31.4 Å². The van der Waals surface area contributed by atoms with Crippen LogP contribution in [0.15, 0.2) is 36.9 Å². The summed E-state index contributed by atoms with van der Waals surface area (Å²) in [4.78, 5) is 0. The lowest BCUT2D eigenvalue weighted by atomic mass is 9.93. The lowest BCUT2D eigenvalue weighted by Crippen LogP contribution is -2.36. The van der Waals surface area contributed by atoms with Crippen LogP contribution in [0.5, 0.6) is 5.75 Å². The van der Waals surface area contributed by atoms with Gasteiger partial charge in [-0.3, -0.25) is 0 Å². The van der Waals surface area contributed by atoms with Crippen molar-refractivity contribution < 1.29 is 9.47 Å². The van der Waals surface area contributed by atoms with Crippen molar-refractivity contribution >= 4 is 0 Å². The Hall–Kier alpha value is -1.32. The molecular weight excluding hydrogens is 250 g/mol. The first kappa shape index (κ1) is 15.1. The minimum absolute atomic E-state index is 0.538. The molecule has 0 saturated carbocycles. The number of ether oxygens (including phenoxy) is 2. The van der Waals surface area contributed by atoms with E-state index >= 15 is 0 Å². The molecule has 1 N–H and O–H groups in total. The summed E-state index contributed by atoms with van der Waals surface area (Å²) < 4.78 is 10.9. The minimum atomic E-state index is 0.538. The molecule has 1 aromatic carbocycles. The summed E-state index contributed by atoms with van der Waals surface area (Å²) in [5.41, 5.74) is 1.29. The van der Waals surface area contributed by atoms with E-state index in [0.29, 0.717) is 12.6 Å². The van der Waals surface area contributed by atoms with Crippen molar-refractivity contribution in [1.29, 1.82) is 0 Å². The lowest BCUT2D eigenvalue weighted by molar-refractivity contribution is 0.0558. The summed E-state index contributed by atoms with van der Waals surface area (Å²) in [5, 5.41) is 3.62. The predicted molar refractivity (Wildman–Crippen MR) is 82.0 cm³/mol. The van der Waals surface area contributed by atoms with Gasteiger partial charge in [0.15, 0.2) is 0 Å². The Kier molecular flexibility index (Phi) is 6.09. The van der Waals surface area contributed by atoms with E-state index < -0.39 is 0 Å². The lowest BCUT2D eigenvalue weighted by Gasteiger charge is -2.28. The van der Waals surface area contributed by atoms with E-state index in [2.05, 4.69) is 31.0 Å². The maximum atomic E-state index is 5.48. The third-order valence-electron chi connectivity index (χ3n) is 3.89. The molecule has 1 saturated heterocycles. The number of rotatable bonds is 7. The zero-order valence-electron chi connectivity index (χ0n) is 12.3. The molecule has 20 heavy (non-hydrogen) atoms. The summed E-state index contributed by atoms with van der Waals surface area (Å²) in [6.45, 7) is 9.19. The molecule has 0 bridgehead atoms. The third-order valence-corrected chi connectivity index (χ3v) is 3.89. The number of hydrogen-bond donors (Lipinski definition) is 1. The first-order chi connectivity index (χ1) is 9.79. The van der Waals surface area contributed by atoms with Crippen molar-refractivity contribution in [3.63, 3.8) is 0 Å². The molecule has 1 fully saturated rings. The van der Waals surface area contributed by atoms with Gasteiger partial charge in [-0.1, -0.05) is 24.8 Å². The summed E-state index contributed by atoms with van der Waals surface area (Å²) in [5.74, 6) is 1.63. The second-order valence-corrected chi connectivity index (χ2v) is 5.36. The molecule has 0 amide bonds. The molecule has 1 aliphatic heterocycles. The summed E-state index contributed by atoms with van der Waals surface area (Å²) in [6, 6.07) is 8.79. The van der Waals surface area contributed by atoms with Crippen molar-refractivity contribution in [2.75, 3.05) is 19.8 Å². The zero-order valence-corrected chi connectivity index (χ0v) is 12.3. The maximum Gasteiger partial charge on any atom is 0.119 e. The van der Waals surface area contributed by atoms with Crippen LogP contribution in [-0.4, -0.2) is 25.9 Å². The highest BCUT2D eigenvalue weighted by Gasteiger charge is 2.19. The second kappa shape index (κ2) is 8.08. The molecule has 1 aliphatic rings. The highest BCUT2D eigenvalue weighted by Crippen LogP contribution is 2.19. The largest absolute Gasteiger partial charge is 0.490 e. The first-order valence-electron chi connectivity index (χ1n) is 7.43. The molecular formula is C17H25NO2. The molecule has 0 spiro atoms. The molecule has 1 atom stereocenters. The summed E-state index contributed by atoms with van der Waals surface area (Å²) >= 11 is 0. The van der Waals surface area contributed by atoms with Gasteiger partial charge in [0, 0.05) is 25.8 Å². The van der Waals surface area contributed by atoms with Gasteiger partial charge >= 0.3 is 0 Å². The summed E-state index contributed by atoms with van der Waals surface area (Å²) in [6.07, 6.45) is 4.09. The molecule has 0 radical (unpaired) electrons. The highest BCUT2D eigenvalue weighted by atomic mass is 16.5. The summed E-state index contributed by atoms with van der Waals surface area (Å²) in [7, 11) is 0. The molecule has 1 aromatic rings. The topological polar surface area (TPSA) is 30.5 Å². The number of nitrogens with one attached hydrogen (secondary N) is 1. The molecule has 110 valence electrons. The van der Waals surface area contributed by atoms with Gasteiger partial charge in [-0.15, -0.1) is 0 Å². The van der Waals surface area contributed by atoms with Gasteiger partial charge in [0.25, 0.3) is 0 Å². The molecule has 1 unspecified atom stereocenters. The van der Waals surface area contributed by atoms with E-state index in [1.54, 1.807) is 6.08 Å². The SMILES string of the molecule is C=CCOc1ccc(CNC(C)C2CCOCC2)cc1. The fraction of sp³-hybridized carbons (Fsp3) is 0.529. The van der Waals surface area contributed by atoms with E-state index in [-0.39, 0.29) is 0 Å². The fourth-order valence-electron chi connectivity index (χ4n) is 2.52. The molecule has 0 aromatic heterocycles. The molecule has 3 nitrogen and oxygen atoms in total. The van der Waals surface area contributed by atoms with Crippen LogP contribution in [0.2, 0.25) is 0 Å². The van der Waals surface area contributed by atoms with Crippen LogP contribution in [0.4, 0.5) is 0 Å².